The molecule has 1 aromatic heterocycles. The third-order valence-corrected chi connectivity index (χ3v) is 4.16. The third kappa shape index (κ3) is 3.13. The number of likely N-dealkylation sites (tertiary alicyclic amines) is 1. The number of ether oxygens (including phenoxy) is 1. The van der Waals surface area contributed by atoms with Gasteiger partial charge in [-0.15, -0.1) is 0 Å². The summed E-state index contributed by atoms with van der Waals surface area (Å²) in [6.07, 6.45) is 3.76. The Kier molecular flexibility index (Phi) is 4.13. The molecule has 2 aromatic rings. The lowest BCUT2D eigenvalue weighted by Gasteiger charge is -2.31. The predicted octanol–water partition coefficient (Wildman–Crippen LogP) is 3.24. The van der Waals surface area contributed by atoms with Crippen molar-refractivity contribution in [3.8, 4) is 11.5 Å². The van der Waals surface area contributed by atoms with Crippen LogP contribution in [0.15, 0.2) is 30.5 Å². The van der Waals surface area contributed by atoms with E-state index >= 15 is 0 Å². The maximum Gasteiger partial charge on any atom is 0.219 e. The molecule has 1 aliphatic heterocycles. The van der Waals surface area contributed by atoms with Crippen molar-refractivity contribution in [2.75, 3.05) is 13.1 Å². The minimum atomic E-state index is 0.130. The first-order valence-corrected chi connectivity index (χ1v) is 7.67. The zero-order valence-electron chi connectivity index (χ0n) is 13.0. The van der Waals surface area contributed by atoms with E-state index in [0.717, 1.165) is 43.1 Å². The normalized spacial score (nSPS) is 18.3. The van der Waals surface area contributed by atoms with E-state index in [4.69, 9.17) is 4.74 Å². The van der Waals surface area contributed by atoms with Crippen molar-refractivity contribution >= 4 is 5.91 Å². The van der Waals surface area contributed by atoms with Gasteiger partial charge in [-0.2, -0.15) is 5.10 Å². The number of nitrogens with zero attached hydrogens (tertiary/aromatic N) is 2. The maximum atomic E-state index is 11.6. The van der Waals surface area contributed by atoms with Gasteiger partial charge in [0.25, 0.3) is 0 Å². The lowest BCUT2D eigenvalue weighted by Crippen LogP contribution is -2.37. The maximum absolute atomic E-state index is 11.6. The molecule has 22 heavy (non-hydrogen) atoms. The van der Waals surface area contributed by atoms with Gasteiger partial charge in [0.2, 0.25) is 5.91 Å². The second-order valence-corrected chi connectivity index (χ2v) is 5.87. The average Bonchev–Trinajstić information content (AvgIpc) is 2.98. The number of aryl methyl sites for hydroxylation is 1. The molecular weight excluding hydrogens is 278 g/mol. The molecule has 0 aliphatic carbocycles. The van der Waals surface area contributed by atoms with E-state index in [0.29, 0.717) is 0 Å². The first-order chi connectivity index (χ1) is 10.6. The second-order valence-electron chi connectivity index (χ2n) is 5.87. The summed E-state index contributed by atoms with van der Waals surface area (Å²) in [6.45, 7) is 5.24. The molecule has 1 N–H and O–H groups in total. The smallest absolute Gasteiger partial charge is 0.219 e. The van der Waals surface area contributed by atoms with E-state index in [1.165, 1.54) is 5.56 Å². The number of aromatic nitrogens is 2. The van der Waals surface area contributed by atoms with Crippen LogP contribution in [0.4, 0.5) is 0 Å². The fourth-order valence-corrected chi connectivity index (χ4v) is 2.89. The summed E-state index contributed by atoms with van der Waals surface area (Å²) in [7, 11) is 0. The zero-order chi connectivity index (χ0) is 15.5. The Hall–Kier alpha value is -2.30. The van der Waals surface area contributed by atoms with Gasteiger partial charge in [0.1, 0.15) is 5.75 Å². The number of rotatable bonds is 3. The predicted molar refractivity (Wildman–Crippen MR) is 84.1 cm³/mol. The van der Waals surface area contributed by atoms with E-state index in [-0.39, 0.29) is 11.8 Å². The standard InChI is InChI=1S/C17H21N3O2/c1-12-5-7-15(8-6-12)22-16-10-18-19-17(16)14-4-3-9-20(11-14)13(2)21/h5-8,10,14H,3-4,9,11H2,1-2H3,(H,18,19). The van der Waals surface area contributed by atoms with E-state index < -0.39 is 0 Å². The third-order valence-electron chi connectivity index (χ3n) is 4.16. The highest BCUT2D eigenvalue weighted by Crippen LogP contribution is 2.33. The van der Waals surface area contributed by atoms with Crippen molar-refractivity contribution < 1.29 is 9.53 Å². The number of hydrogen-bond acceptors (Lipinski definition) is 3. The number of piperidine rings is 1. The molecule has 0 radical (unpaired) electrons. The Balaban J connectivity index is 1.76. The molecule has 0 bridgehead atoms. The SMILES string of the molecule is CC(=O)N1CCCC(c2[nH]ncc2Oc2ccc(C)cc2)C1. The number of nitrogens with one attached hydrogen (secondary N) is 1. The Morgan fingerprint density at radius 2 is 2.14 bits per heavy atom. The van der Waals surface area contributed by atoms with E-state index in [1.807, 2.05) is 36.1 Å². The van der Waals surface area contributed by atoms with Gasteiger partial charge in [0.15, 0.2) is 5.75 Å². The van der Waals surface area contributed by atoms with Crippen LogP contribution in [-0.4, -0.2) is 34.1 Å². The molecule has 1 unspecified atom stereocenters. The van der Waals surface area contributed by atoms with Gasteiger partial charge in [-0.25, -0.2) is 0 Å². The number of H-pyrrole nitrogens is 1. The molecule has 3 rings (SSSR count). The van der Waals surface area contributed by atoms with Gasteiger partial charge in [0.05, 0.1) is 11.9 Å². The molecule has 5 nitrogen and oxygen atoms in total. The van der Waals surface area contributed by atoms with Gasteiger partial charge in [0, 0.05) is 25.9 Å². The van der Waals surface area contributed by atoms with Crippen LogP contribution < -0.4 is 4.74 Å². The summed E-state index contributed by atoms with van der Waals surface area (Å²) >= 11 is 0. The van der Waals surface area contributed by atoms with Crippen molar-refractivity contribution in [3.05, 3.63) is 41.7 Å². The highest BCUT2D eigenvalue weighted by molar-refractivity contribution is 5.73. The summed E-state index contributed by atoms with van der Waals surface area (Å²) in [4.78, 5) is 13.5. The fraction of sp³-hybridized carbons (Fsp3) is 0.412. The molecule has 0 spiro atoms. The topological polar surface area (TPSA) is 58.2 Å². The second kappa shape index (κ2) is 6.22. The van der Waals surface area contributed by atoms with E-state index in [2.05, 4.69) is 10.2 Å². The largest absolute Gasteiger partial charge is 0.454 e. The number of hydrogen-bond donors (Lipinski definition) is 1. The molecule has 116 valence electrons. The highest BCUT2D eigenvalue weighted by atomic mass is 16.5. The molecule has 1 aliphatic rings. The van der Waals surface area contributed by atoms with Crippen molar-refractivity contribution in [1.82, 2.24) is 15.1 Å². The highest BCUT2D eigenvalue weighted by Gasteiger charge is 2.26. The summed E-state index contributed by atoms with van der Waals surface area (Å²) in [5, 5.41) is 7.18. The first kappa shape index (κ1) is 14.6. The van der Waals surface area contributed by atoms with Crippen LogP contribution in [0.1, 0.15) is 36.9 Å². The zero-order valence-corrected chi connectivity index (χ0v) is 13.0. The van der Waals surface area contributed by atoms with Crippen LogP contribution in [0.3, 0.4) is 0 Å². The Morgan fingerprint density at radius 1 is 1.36 bits per heavy atom. The number of carbonyl (C=O) groups excluding carboxylic acids is 1. The van der Waals surface area contributed by atoms with Crippen LogP contribution in [0.5, 0.6) is 11.5 Å². The minimum absolute atomic E-state index is 0.130. The van der Waals surface area contributed by atoms with E-state index in [1.54, 1.807) is 13.1 Å². The number of aromatic amines is 1. The lowest BCUT2D eigenvalue weighted by molar-refractivity contribution is -0.130. The summed E-state index contributed by atoms with van der Waals surface area (Å²) in [5.74, 6) is 1.93. The molecule has 1 saturated heterocycles. The first-order valence-electron chi connectivity index (χ1n) is 7.67. The van der Waals surface area contributed by atoms with Crippen molar-refractivity contribution in [3.63, 3.8) is 0 Å². The van der Waals surface area contributed by atoms with Crippen LogP contribution in [0.2, 0.25) is 0 Å². The van der Waals surface area contributed by atoms with Gasteiger partial charge < -0.3 is 9.64 Å². The Labute approximate surface area is 130 Å². The molecule has 1 amide bonds. The monoisotopic (exact) mass is 299 g/mol. The molecule has 1 aromatic carbocycles. The molecule has 1 fully saturated rings. The van der Waals surface area contributed by atoms with Gasteiger partial charge in [-0.1, -0.05) is 17.7 Å². The van der Waals surface area contributed by atoms with Gasteiger partial charge in [-0.3, -0.25) is 9.89 Å². The minimum Gasteiger partial charge on any atom is -0.454 e. The Bertz CT molecular complexity index is 648. The van der Waals surface area contributed by atoms with Crippen molar-refractivity contribution in [2.24, 2.45) is 0 Å². The van der Waals surface area contributed by atoms with Crippen LogP contribution >= 0.6 is 0 Å². The quantitative estimate of drug-likeness (QED) is 0.946. The number of carbonyl (C=O) groups is 1. The van der Waals surface area contributed by atoms with Crippen molar-refractivity contribution in [2.45, 2.75) is 32.6 Å². The summed E-state index contributed by atoms with van der Waals surface area (Å²) in [6, 6.07) is 7.95. The summed E-state index contributed by atoms with van der Waals surface area (Å²) in [5.41, 5.74) is 2.18. The summed E-state index contributed by atoms with van der Waals surface area (Å²) < 4.78 is 5.96. The molecule has 5 heteroatoms. The molecule has 1 atom stereocenters. The molecule has 2 heterocycles. The molecular formula is C17H21N3O2. The lowest BCUT2D eigenvalue weighted by atomic mass is 9.94. The van der Waals surface area contributed by atoms with Crippen molar-refractivity contribution in [1.29, 1.82) is 0 Å². The fourth-order valence-electron chi connectivity index (χ4n) is 2.89. The molecule has 0 saturated carbocycles. The number of amides is 1. The van der Waals surface area contributed by atoms with Crippen LogP contribution in [0.25, 0.3) is 0 Å². The van der Waals surface area contributed by atoms with Gasteiger partial charge >= 0.3 is 0 Å². The van der Waals surface area contributed by atoms with Crippen LogP contribution in [0, 0.1) is 6.92 Å². The number of benzene rings is 1. The van der Waals surface area contributed by atoms with E-state index in [9.17, 15) is 4.79 Å². The average molecular weight is 299 g/mol. The van der Waals surface area contributed by atoms with Crippen LogP contribution in [-0.2, 0) is 4.79 Å². The Morgan fingerprint density at radius 3 is 2.86 bits per heavy atom. The van der Waals surface area contributed by atoms with Gasteiger partial charge in [-0.05, 0) is 31.9 Å².